The van der Waals surface area contributed by atoms with E-state index in [1.807, 2.05) is 30.3 Å². The minimum absolute atomic E-state index is 0.258. The Morgan fingerprint density at radius 1 is 0.793 bits per heavy atom. The molecule has 29 heavy (non-hydrogen) atoms. The highest BCUT2D eigenvalue weighted by molar-refractivity contribution is 5.98. The van der Waals surface area contributed by atoms with Crippen molar-refractivity contribution < 1.29 is 9.47 Å². The van der Waals surface area contributed by atoms with Crippen LogP contribution in [0.15, 0.2) is 79.0 Å². The second kappa shape index (κ2) is 6.34. The molecule has 0 spiro atoms. The zero-order chi connectivity index (χ0) is 19.2. The molecular formula is C24H17N3O2. The van der Waals surface area contributed by atoms with Crippen LogP contribution in [0.3, 0.4) is 0 Å². The van der Waals surface area contributed by atoms with Crippen LogP contribution in [0.4, 0.5) is 0 Å². The molecule has 0 aromatic heterocycles. The summed E-state index contributed by atoms with van der Waals surface area (Å²) in [6.07, 6.45) is 2.16. The number of rotatable bonds is 3. The number of hydrogen-bond acceptors (Lipinski definition) is 4. The molecule has 0 bridgehead atoms. The fraction of sp³-hybridized carbons (Fsp3) is 0.0833. The third kappa shape index (κ3) is 2.63. The lowest BCUT2D eigenvalue weighted by molar-refractivity contribution is 0.174. The van der Waals surface area contributed by atoms with Gasteiger partial charge in [-0.3, -0.25) is 0 Å². The fourth-order valence-corrected chi connectivity index (χ4v) is 3.96. The topological polar surface area (TPSA) is 49.2 Å². The third-order valence-corrected chi connectivity index (χ3v) is 5.36. The largest absolute Gasteiger partial charge is 0.454 e. The summed E-state index contributed by atoms with van der Waals surface area (Å²) in [4.78, 5) is 0. The minimum atomic E-state index is 0.258. The number of hydrogen-bond donors (Lipinski definition) is 0. The highest BCUT2D eigenvalue weighted by Crippen LogP contribution is 2.40. The van der Waals surface area contributed by atoms with Crippen LogP contribution in [0.25, 0.3) is 33.4 Å². The van der Waals surface area contributed by atoms with E-state index < -0.39 is 0 Å². The Bertz CT molecular complexity index is 1310. The number of benzene rings is 3. The molecule has 140 valence electrons. The van der Waals surface area contributed by atoms with E-state index >= 15 is 0 Å². The van der Waals surface area contributed by atoms with Gasteiger partial charge in [0, 0.05) is 29.3 Å². The second-order valence-electron chi connectivity index (χ2n) is 7.14. The Kier molecular flexibility index (Phi) is 3.53. The summed E-state index contributed by atoms with van der Waals surface area (Å²) >= 11 is 0. The molecule has 3 aliphatic heterocycles. The number of fused-ring (bicyclic) bond motifs is 4. The molecule has 0 unspecified atom stereocenters. The van der Waals surface area contributed by atoms with E-state index in [-0.39, 0.29) is 6.79 Å². The van der Waals surface area contributed by atoms with E-state index in [9.17, 15) is 0 Å². The van der Waals surface area contributed by atoms with Crippen molar-refractivity contribution in [3.05, 3.63) is 84.6 Å². The maximum absolute atomic E-state index is 5.55. The molecule has 3 aromatic rings. The Morgan fingerprint density at radius 2 is 1.59 bits per heavy atom. The van der Waals surface area contributed by atoms with Gasteiger partial charge in [0.2, 0.25) is 6.79 Å². The van der Waals surface area contributed by atoms with Crippen molar-refractivity contribution in [3.63, 3.8) is 0 Å². The zero-order valence-corrected chi connectivity index (χ0v) is 15.6. The third-order valence-electron chi connectivity index (χ3n) is 5.36. The molecule has 0 radical (unpaired) electrons. The van der Waals surface area contributed by atoms with Crippen molar-refractivity contribution in [2.75, 3.05) is 6.79 Å². The predicted molar refractivity (Wildman–Crippen MR) is 111 cm³/mol. The van der Waals surface area contributed by atoms with Crippen LogP contribution in [0.1, 0.15) is 5.56 Å². The van der Waals surface area contributed by atoms with E-state index in [4.69, 9.17) is 9.47 Å². The molecule has 0 atom stereocenters. The standard InChI is InChI=1S/C24H17N3O2/c1-2-6-16(7-3-1)13-27-14-19-23(17-10-11-21-22(12-17)29-15-28-21)25-26-24(19)18-8-4-5-9-20(18)27/h1-12,14H,13,15H2. The Morgan fingerprint density at radius 3 is 2.52 bits per heavy atom. The molecule has 0 amide bonds. The summed E-state index contributed by atoms with van der Waals surface area (Å²) in [5.41, 5.74) is 6.15. The average molecular weight is 379 g/mol. The molecule has 3 aromatic carbocycles. The summed E-state index contributed by atoms with van der Waals surface area (Å²) in [7, 11) is 0. The fourth-order valence-electron chi connectivity index (χ4n) is 3.96. The monoisotopic (exact) mass is 379 g/mol. The van der Waals surface area contributed by atoms with Crippen molar-refractivity contribution in [3.8, 4) is 34.0 Å². The lowest BCUT2D eigenvalue weighted by atomic mass is 10.0. The van der Waals surface area contributed by atoms with Gasteiger partial charge in [0.1, 0.15) is 11.4 Å². The number of pyridine rings is 1. The van der Waals surface area contributed by atoms with E-state index in [1.54, 1.807) is 0 Å². The van der Waals surface area contributed by atoms with Crippen molar-refractivity contribution in [2.45, 2.75) is 6.54 Å². The van der Waals surface area contributed by atoms with Crippen LogP contribution in [0, 0.1) is 0 Å². The first-order valence-electron chi connectivity index (χ1n) is 9.55. The highest BCUT2D eigenvalue weighted by Gasteiger charge is 2.22. The van der Waals surface area contributed by atoms with Gasteiger partial charge >= 0.3 is 0 Å². The SMILES string of the molecule is c1ccc(Cn2cc3c(-c4ccc5c(c4)OCO5)nnc-3c3ccccc32)cc1. The molecule has 3 aliphatic rings. The normalized spacial score (nSPS) is 12.7. The van der Waals surface area contributed by atoms with Crippen LogP contribution >= 0.6 is 0 Å². The molecule has 0 saturated heterocycles. The molecular weight excluding hydrogens is 362 g/mol. The zero-order valence-electron chi connectivity index (χ0n) is 15.6. The van der Waals surface area contributed by atoms with Gasteiger partial charge < -0.3 is 14.0 Å². The Labute approximate surface area is 167 Å². The van der Waals surface area contributed by atoms with Crippen molar-refractivity contribution in [1.82, 2.24) is 14.8 Å². The molecule has 6 rings (SSSR count). The van der Waals surface area contributed by atoms with Crippen LogP contribution < -0.4 is 9.47 Å². The smallest absolute Gasteiger partial charge is 0.231 e. The van der Waals surface area contributed by atoms with Crippen molar-refractivity contribution >= 4 is 10.9 Å². The summed E-state index contributed by atoms with van der Waals surface area (Å²) in [6, 6.07) is 24.7. The van der Waals surface area contributed by atoms with E-state index in [1.165, 1.54) is 5.56 Å². The molecule has 0 saturated carbocycles. The molecule has 5 heteroatoms. The van der Waals surface area contributed by atoms with Crippen molar-refractivity contribution in [1.29, 1.82) is 0 Å². The van der Waals surface area contributed by atoms with Crippen LogP contribution in [-0.2, 0) is 6.54 Å². The number of nitrogens with zero attached hydrogens (tertiary/aromatic N) is 3. The van der Waals surface area contributed by atoms with E-state index in [0.29, 0.717) is 0 Å². The molecule has 5 nitrogen and oxygen atoms in total. The van der Waals surface area contributed by atoms with Gasteiger partial charge in [0.05, 0.1) is 5.52 Å². The van der Waals surface area contributed by atoms with Crippen molar-refractivity contribution in [2.24, 2.45) is 0 Å². The first-order valence-corrected chi connectivity index (χ1v) is 9.55. The second-order valence-corrected chi connectivity index (χ2v) is 7.14. The summed E-state index contributed by atoms with van der Waals surface area (Å²) in [6.45, 7) is 1.04. The van der Waals surface area contributed by atoms with Crippen LogP contribution in [-0.4, -0.2) is 21.6 Å². The van der Waals surface area contributed by atoms with Gasteiger partial charge in [-0.2, -0.15) is 0 Å². The molecule has 0 N–H and O–H groups in total. The Balaban J connectivity index is 1.55. The maximum atomic E-state index is 5.55. The van der Waals surface area contributed by atoms with Gasteiger partial charge in [0.15, 0.2) is 11.5 Å². The minimum Gasteiger partial charge on any atom is -0.454 e. The average Bonchev–Trinajstić information content (AvgIpc) is 3.41. The molecule has 0 fully saturated rings. The van der Waals surface area contributed by atoms with Gasteiger partial charge in [-0.15, -0.1) is 10.2 Å². The number of aromatic nitrogens is 3. The first-order chi connectivity index (χ1) is 14.4. The first kappa shape index (κ1) is 16.1. The maximum Gasteiger partial charge on any atom is 0.231 e. The lowest BCUT2D eigenvalue weighted by Gasteiger charge is -2.15. The lowest BCUT2D eigenvalue weighted by Crippen LogP contribution is -2.03. The summed E-state index contributed by atoms with van der Waals surface area (Å²) in [5, 5.41) is 10.2. The van der Waals surface area contributed by atoms with Gasteiger partial charge in [-0.25, -0.2) is 0 Å². The van der Waals surface area contributed by atoms with Gasteiger partial charge in [-0.1, -0.05) is 48.5 Å². The number of ether oxygens (including phenoxy) is 2. The summed E-state index contributed by atoms with van der Waals surface area (Å²) < 4.78 is 13.3. The van der Waals surface area contributed by atoms with Crippen LogP contribution in [0.5, 0.6) is 11.5 Å². The molecule has 0 aliphatic carbocycles. The van der Waals surface area contributed by atoms with Gasteiger partial charge in [-0.05, 0) is 29.8 Å². The van der Waals surface area contributed by atoms with Crippen LogP contribution in [0.2, 0.25) is 0 Å². The Hall–Kier alpha value is -3.86. The number of para-hydroxylation sites is 1. The molecule has 3 heterocycles. The predicted octanol–water partition coefficient (Wildman–Crippen LogP) is 4.98. The van der Waals surface area contributed by atoms with E-state index in [2.05, 4.69) is 63.4 Å². The highest BCUT2D eigenvalue weighted by atomic mass is 16.7. The van der Waals surface area contributed by atoms with Gasteiger partial charge in [0.25, 0.3) is 0 Å². The quantitative estimate of drug-likeness (QED) is 0.444. The summed E-state index contributed by atoms with van der Waals surface area (Å²) in [5.74, 6) is 1.51. The van der Waals surface area contributed by atoms with E-state index in [0.717, 1.165) is 51.5 Å².